The first kappa shape index (κ1) is 19.3. The Bertz CT molecular complexity index is 1020. The predicted octanol–water partition coefficient (Wildman–Crippen LogP) is 4.16. The lowest BCUT2D eigenvalue weighted by atomic mass is 10.1. The van der Waals surface area contributed by atoms with Crippen molar-refractivity contribution in [3.63, 3.8) is 0 Å². The van der Waals surface area contributed by atoms with E-state index in [1.54, 1.807) is 22.7 Å². The van der Waals surface area contributed by atoms with E-state index in [0.717, 1.165) is 16.1 Å². The minimum absolute atomic E-state index is 0.0157. The zero-order valence-electron chi connectivity index (χ0n) is 15.9. The maximum atomic E-state index is 12.5. The second-order valence-corrected chi connectivity index (χ2v) is 7.64. The molecule has 0 radical (unpaired) electrons. The Morgan fingerprint density at radius 2 is 2.03 bits per heavy atom. The van der Waals surface area contributed by atoms with Crippen LogP contribution in [0.4, 0.5) is 5.69 Å². The highest BCUT2D eigenvalue weighted by Crippen LogP contribution is 2.29. The number of anilines is 1. The van der Waals surface area contributed by atoms with Crippen molar-refractivity contribution < 1.29 is 18.8 Å². The number of rotatable bonds is 6. The Morgan fingerprint density at radius 3 is 2.83 bits per heavy atom. The standard InChI is InChI=1S/C22H20N2O4S/c1-29-19-9-5-8-18(12-19)24-13-16(10-21(24)25)22(26)27-14-17-11-20(28-23-17)15-6-3-2-4-7-15/h2-9,11-12,16H,10,13-14H2,1H3/t16-/m1/s1. The van der Waals surface area contributed by atoms with Gasteiger partial charge in [-0.1, -0.05) is 41.6 Å². The van der Waals surface area contributed by atoms with Crippen molar-refractivity contribution >= 4 is 29.3 Å². The van der Waals surface area contributed by atoms with Crippen molar-refractivity contribution in [2.24, 2.45) is 5.92 Å². The highest BCUT2D eigenvalue weighted by atomic mass is 32.2. The number of nitrogens with zero attached hydrogens (tertiary/aromatic N) is 2. The van der Waals surface area contributed by atoms with Crippen LogP contribution in [-0.4, -0.2) is 29.8 Å². The molecule has 1 saturated heterocycles. The van der Waals surface area contributed by atoms with Crippen molar-refractivity contribution in [3.8, 4) is 11.3 Å². The lowest BCUT2D eigenvalue weighted by molar-refractivity contribution is -0.149. The van der Waals surface area contributed by atoms with Gasteiger partial charge < -0.3 is 14.2 Å². The number of hydrogen-bond donors (Lipinski definition) is 0. The summed E-state index contributed by atoms with van der Waals surface area (Å²) in [6.45, 7) is 0.339. The Morgan fingerprint density at radius 1 is 1.21 bits per heavy atom. The number of benzene rings is 2. The van der Waals surface area contributed by atoms with E-state index in [1.165, 1.54) is 0 Å². The van der Waals surface area contributed by atoms with Gasteiger partial charge in [0.1, 0.15) is 12.3 Å². The Labute approximate surface area is 172 Å². The third-order valence-corrected chi connectivity index (χ3v) is 5.53. The van der Waals surface area contributed by atoms with E-state index in [4.69, 9.17) is 9.26 Å². The van der Waals surface area contributed by atoms with Gasteiger partial charge in [0.25, 0.3) is 0 Å². The molecule has 0 N–H and O–H groups in total. The number of aromatic nitrogens is 1. The van der Waals surface area contributed by atoms with Gasteiger partial charge in [0, 0.05) is 35.2 Å². The Balaban J connectivity index is 1.36. The largest absolute Gasteiger partial charge is 0.459 e. The molecule has 0 spiro atoms. The zero-order valence-corrected chi connectivity index (χ0v) is 16.7. The van der Waals surface area contributed by atoms with E-state index in [1.807, 2.05) is 60.9 Å². The lowest BCUT2D eigenvalue weighted by Gasteiger charge is -2.17. The summed E-state index contributed by atoms with van der Waals surface area (Å²) in [5, 5.41) is 3.96. The average Bonchev–Trinajstić information content (AvgIpc) is 3.39. The molecule has 0 saturated carbocycles. The molecule has 29 heavy (non-hydrogen) atoms. The molecule has 1 amide bonds. The molecule has 3 aromatic rings. The highest BCUT2D eigenvalue weighted by molar-refractivity contribution is 7.98. The first-order chi connectivity index (χ1) is 14.1. The van der Waals surface area contributed by atoms with Crippen LogP contribution in [-0.2, 0) is 20.9 Å². The van der Waals surface area contributed by atoms with E-state index in [2.05, 4.69) is 5.16 Å². The summed E-state index contributed by atoms with van der Waals surface area (Å²) in [4.78, 5) is 27.6. The van der Waals surface area contributed by atoms with Crippen molar-refractivity contribution in [1.82, 2.24) is 5.16 Å². The third-order valence-electron chi connectivity index (χ3n) is 4.80. The summed E-state index contributed by atoms with van der Waals surface area (Å²) >= 11 is 1.61. The molecule has 2 heterocycles. The summed E-state index contributed by atoms with van der Waals surface area (Å²) in [6, 6.07) is 19.1. The minimum Gasteiger partial charge on any atom is -0.459 e. The molecule has 0 aliphatic carbocycles. The van der Waals surface area contributed by atoms with Gasteiger partial charge in [-0.3, -0.25) is 9.59 Å². The van der Waals surface area contributed by atoms with Crippen LogP contribution in [0.15, 0.2) is 70.1 Å². The van der Waals surface area contributed by atoms with Gasteiger partial charge in [0.15, 0.2) is 5.76 Å². The smallest absolute Gasteiger partial charge is 0.311 e. The summed E-state index contributed by atoms with van der Waals surface area (Å²) in [5.74, 6) is -0.336. The normalized spacial score (nSPS) is 16.2. The van der Waals surface area contributed by atoms with Gasteiger partial charge in [-0.05, 0) is 24.5 Å². The van der Waals surface area contributed by atoms with Crippen molar-refractivity contribution in [2.75, 3.05) is 17.7 Å². The number of carbonyl (C=O) groups excluding carboxylic acids is 2. The first-order valence-corrected chi connectivity index (χ1v) is 10.5. The number of ether oxygens (including phenoxy) is 1. The summed E-state index contributed by atoms with van der Waals surface area (Å²) in [5.41, 5.74) is 2.24. The van der Waals surface area contributed by atoms with E-state index >= 15 is 0 Å². The molecule has 4 rings (SSSR count). The predicted molar refractivity (Wildman–Crippen MR) is 110 cm³/mol. The van der Waals surface area contributed by atoms with Gasteiger partial charge in [0.05, 0.1) is 5.92 Å². The topological polar surface area (TPSA) is 72.6 Å². The quantitative estimate of drug-likeness (QED) is 0.450. The molecule has 2 aromatic carbocycles. The molecule has 6 nitrogen and oxygen atoms in total. The van der Waals surface area contributed by atoms with E-state index < -0.39 is 11.9 Å². The van der Waals surface area contributed by atoms with Crippen LogP contribution < -0.4 is 4.90 Å². The van der Waals surface area contributed by atoms with E-state index in [-0.39, 0.29) is 18.9 Å². The molecular weight excluding hydrogens is 388 g/mol. The van der Waals surface area contributed by atoms with Crippen molar-refractivity contribution in [2.45, 2.75) is 17.9 Å². The minimum atomic E-state index is -0.485. The fourth-order valence-corrected chi connectivity index (χ4v) is 3.73. The van der Waals surface area contributed by atoms with Crippen molar-refractivity contribution in [3.05, 3.63) is 66.4 Å². The van der Waals surface area contributed by atoms with Crippen LogP contribution >= 0.6 is 11.8 Å². The molecule has 1 atom stereocenters. The summed E-state index contributed by atoms with van der Waals surface area (Å²) in [6.07, 6.45) is 2.13. The van der Waals surface area contributed by atoms with Gasteiger partial charge in [-0.2, -0.15) is 0 Å². The second kappa shape index (κ2) is 8.53. The van der Waals surface area contributed by atoms with Crippen LogP contribution in [0.25, 0.3) is 11.3 Å². The van der Waals surface area contributed by atoms with Crippen molar-refractivity contribution in [1.29, 1.82) is 0 Å². The monoisotopic (exact) mass is 408 g/mol. The van der Waals surface area contributed by atoms with E-state index in [9.17, 15) is 9.59 Å². The maximum Gasteiger partial charge on any atom is 0.311 e. The van der Waals surface area contributed by atoms with Gasteiger partial charge in [-0.25, -0.2) is 0 Å². The molecule has 1 aliphatic rings. The van der Waals surface area contributed by atoms with Gasteiger partial charge in [-0.15, -0.1) is 11.8 Å². The van der Waals surface area contributed by atoms with Crippen LogP contribution in [0.5, 0.6) is 0 Å². The molecule has 1 aliphatic heterocycles. The molecule has 0 unspecified atom stereocenters. The number of amides is 1. The van der Waals surface area contributed by atoms with Crippen LogP contribution in [0.2, 0.25) is 0 Å². The number of thioether (sulfide) groups is 1. The Kier molecular flexibility index (Phi) is 5.67. The second-order valence-electron chi connectivity index (χ2n) is 6.76. The SMILES string of the molecule is CSc1cccc(N2C[C@H](C(=O)OCc3cc(-c4ccccc4)on3)CC2=O)c1. The van der Waals surface area contributed by atoms with E-state index in [0.29, 0.717) is 18.0 Å². The molecule has 1 fully saturated rings. The molecule has 148 valence electrons. The first-order valence-electron chi connectivity index (χ1n) is 9.26. The molecular formula is C22H20N2O4S. The number of carbonyl (C=O) groups is 2. The summed E-state index contributed by atoms with van der Waals surface area (Å²) < 4.78 is 10.7. The van der Waals surface area contributed by atoms with Crippen LogP contribution in [0.3, 0.4) is 0 Å². The Hall–Kier alpha value is -3.06. The molecule has 0 bridgehead atoms. The third kappa shape index (κ3) is 4.35. The molecule has 7 heteroatoms. The van der Waals surface area contributed by atoms with Crippen LogP contribution in [0, 0.1) is 5.92 Å². The highest BCUT2D eigenvalue weighted by Gasteiger charge is 2.36. The fourth-order valence-electron chi connectivity index (χ4n) is 3.27. The zero-order chi connectivity index (χ0) is 20.2. The van der Waals surface area contributed by atoms with Gasteiger partial charge >= 0.3 is 5.97 Å². The average molecular weight is 408 g/mol. The number of hydrogen-bond acceptors (Lipinski definition) is 6. The summed E-state index contributed by atoms with van der Waals surface area (Å²) in [7, 11) is 0. The van der Waals surface area contributed by atoms with Gasteiger partial charge in [0.2, 0.25) is 5.91 Å². The number of esters is 1. The molecule has 1 aromatic heterocycles. The fraction of sp³-hybridized carbons (Fsp3) is 0.227. The van der Waals surface area contributed by atoms with Crippen LogP contribution in [0.1, 0.15) is 12.1 Å². The maximum absolute atomic E-state index is 12.5. The lowest BCUT2D eigenvalue weighted by Crippen LogP contribution is -2.26.